The van der Waals surface area contributed by atoms with Crippen molar-refractivity contribution in [3.63, 3.8) is 0 Å². The van der Waals surface area contributed by atoms with Gasteiger partial charge in [-0.05, 0) is 19.4 Å². The summed E-state index contributed by atoms with van der Waals surface area (Å²) in [6, 6.07) is -0.995. The number of methoxy groups -OCH3 is 1. The van der Waals surface area contributed by atoms with Gasteiger partial charge in [0.1, 0.15) is 6.04 Å². The molecule has 2 unspecified atom stereocenters. The number of rotatable bonds is 4. The molecule has 1 saturated heterocycles. The summed E-state index contributed by atoms with van der Waals surface area (Å²) in [5, 5.41) is 8.94. The lowest BCUT2D eigenvalue weighted by molar-refractivity contribution is -0.191. The van der Waals surface area contributed by atoms with Crippen LogP contribution in [0.25, 0.3) is 0 Å². The number of carbonyl (C=O) groups is 1. The molecule has 1 fully saturated rings. The molecule has 1 aliphatic heterocycles. The molecule has 100 valence electrons. The van der Waals surface area contributed by atoms with Gasteiger partial charge in [-0.3, -0.25) is 9.69 Å². The van der Waals surface area contributed by atoms with Gasteiger partial charge in [-0.2, -0.15) is 13.2 Å². The molecule has 0 aromatic carbocycles. The fourth-order valence-electron chi connectivity index (χ4n) is 2.05. The zero-order chi connectivity index (χ0) is 13.1. The molecule has 17 heavy (non-hydrogen) atoms. The smallest absolute Gasteiger partial charge is 0.393 e. The predicted molar refractivity (Wildman–Crippen MR) is 53.7 cm³/mol. The highest BCUT2D eigenvalue weighted by Gasteiger charge is 2.43. The molecular weight excluding hydrogens is 239 g/mol. The van der Waals surface area contributed by atoms with Crippen LogP contribution in [0.5, 0.6) is 0 Å². The lowest BCUT2D eigenvalue weighted by Crippen LogP contribution is -2.51. The molecule has 0 aromatic rings. The first-order valence-corrected chi connectivity index (χ1v) is 5.38. The van der Waals surface area contributed by atoms with Gasteiger partial charge in [0.05, 0.1) is 12.5 Å². The lowest BCUT2D eigenvalue weighted by Gasteiger charge is -2.36. The van der Waals surface area contributed by atoms with Gasteiger partial charge < -0.3 is 9.84 Å². The molecule has 2 atom stereocenters. The molecule has 0 amide bonds. The van der Waals surface area contributed by atoms with E-state index in [1.165, 1.54) is 12.0 Å². The number of hydrogen-bond acceptors (Lipinski definition) is 3. The first-order chi connectivity index (χ1) is 7.86. The second kappa shape index (κ2) is 5.68. The van der Waals surface area contributed by atoms with E-state index in [0.29, 0.717) is 13.0 Å². The Morgan fingerprint density at radius 2 is 2.24 bits per heavy atom. The Labute approximate surface area is 97.3 Å². The van der Waals surface area contributed by atoms with E-state index >= 15 is 0 Å². The fourth-order valence-corrected chi connectivity index (χ4v) is 2.05. The molecule has 4 nitrogen and oxygen atoms in total. The van der Waals surface area contributed by atoms with Crippen molar-refractivity contribution in [2.75, 3.05) is 26.8 Å². The number of alkyl halides is 3. The minimum absolute atomic E-state index is 0.0688. The van der Waals surface area contributed by atoms with Crippen LogP contribution in [-0.2, 0) is 9.53 Å². The van der Waals surface area contributed by atoms with E-state index in [1.807, 2.05) is 0 Å². The molecule has 0 radical (unpaired) electrons. The Balaban J connectivity index is 2.67. The van der Waals surface area contributed by atoms with E-state index in [0.717, 1.165) is 0 Å². The average Bonchev–Trinajstić information content (AvgIpc) is 2.24. The number of ether oxygens (including phenoxy) is 1. The third-order valence-corrected chi connectivity index (χ3v) is 2.97. The summed E-state index contributed by atoms with van der Waals surface area (Å²) in [6.45, 7) is 0.0106. The number of carboxylic acid groups (broad SMARTS) is 1. The van der Waals surface area contributed by atoms with Gasteiger partial charge in [0.2, 0.25) is 0 Å². The quantitative estimate of drug-likeness (QED) is 0.824. The molecule has 1 aliphatic rings. The monoisotopic (exact) mass is 255 g/mol. The molecule has 1 heterocycles. The zero-order valence-electron chi connectivity index (χ0n) is 9.54. The van der Waals surface area contributed by atoms with Crippen LogP contribution in [0.2, 0.25) is 0 Å². The highest BCUT2D eigenvalue weighted by atomic mass is 19.4. The Bertz CT molecular complexity index is 270. The number of aliphatic carboxylic acids is 1. The highest BCUT2D eigenvalue weighted by Crippen LogP contribution is 2.33. The Kier molecular flexibility index (Phi) is 4.76. The van der Waals surface area contributed by atoms with Gasteiger partial charge in [-0.15, -0.1) is 0 Å². The van der Waals surface area contributed by atoms with Gasteiger partial charge in [0.25, 0.3) is 0 Å². The highest BCUT2D eigenvalue weighted by molar-refractivity contribution is 5.73. The van der Waals surface area contributed by atoms with Crippen LogP contribution < -0.4 is 0 Å². The molecule has 0 aromatic heterocycles. The maximum absolute atomic E-state index is 12.6. The number of halogens is 3. The van der Waals surface area contributed by atoms with Crippen molar-refractivity contribution in [3.05, 3.63) is 0 Å². The minimum Gasteiger partial charge on any atom is -0.480 e. The molecule has 0 spiro atoms. The molecule has 0 bridgehead atoms. The largest absolute Gasteiger partial charge is 0.480 e. The third kappa shape index (κ3) is 3.85. The molecule has 0 aliphatic carbocycles. The van der Waals surface area contributed by atoms with Crippen molar-refractivity contribution >= 4 is 5.97 Å². The van der Waals surface area contributed by atoms with Crippen molar-refractivity contribution < 1.29 is 27.8 Å². The van der Waals surface area contributed by atoms with Crippen molar-refractivity contribution in [2.24, 2.45) is 5.92 Å². The minimum atomic E-state index is -4.26. The van der Waals surface area contributed by atoms with Crippen LogP contribution in [0, 0.1) is 5.92 Å². The van der Waals surface area contributed by atoms with Crippen LogP contribution in [0.1, 0.15) is 12.8 Å². The number of piperidine rings is 1. The maximum Gasteiger partial charge on any atom is 0.393 e. The van der Waals surface area contributed by atoms with Crippen molar-refractivity contribution in [1.82, 2.24) is 4.90 Å². The number of carboxylic acids is 1. The molecular formula is C10H16F3NO3. The van der Waals surface area contributed by atoms with E-state index in [2.05, 4.69) is 0 Å². The van der Waals surface area contributed by atoms with E-state index in [9.17, 15) is 18.0 Å². The van der Waals surface area contributed by atoms with Gasteiger partial charge in [-0.1, -0.05) is 0 Å². The summed E-state index contributed by atoms with van der Waals surface area (Å²) >= 11 is 0. The molecule has 7 heteroatoms. The maximum atomic E-state index is 12.6. The second-order valence-electron chi connectivity index (χ2n) is 4.19. The lowest BCUT2D eigenvalue weighted by atomic mass is 9.96. The van der Waals surface area contributed by atoms with E-state index in [4.69, 9.17) is 9.84 Å². The third-order valence-electron chi connectivity index (χ3n) is 2.97. The summed E-state index contributed by atoms with van der Waals surface area (Å²) < 4.78 is 42.4. The van der Waals surface area contributed by atoms with Gasteiger partial charge >= 0.3 is 12.1 Å². The molecule has 1 rings (SSSR count). The van der Waals surface area contributed by atoms with Crippen LogP contribution in [0.4, 0.5) is 13.2 Å². The summed E-state index contributed by atoms with van der Waals surface area (Å²) in [6.07, 6.45) is -3.83. The van der Waals surface area contributed by atoms with Crippen molar-refractivity contribution in [1.29, 1.82) is 0 Å². The van der Waals surface area contributed by atoms with Crippen LogP contribution in [0.3, 0.4) is 0 Å². The summed E-state index contributed by atoms with van der Waals surface area (Å²) in [7, 11) is 1.33. The Morgan fingerprint density at radius 3 is 2.71 bits per heavy atom. The van der Waals surface area contributed by atoms with Crippen LogP contribution in [-0.4, -0.2) is 55.0 Å². The summed E-state index contributed by atoms with van der Waals surface area (Å²) in [4.78, 5) is 12.3. The molecule has 0 saturated carbocycles. The second-order valence-corrected chi connectivity index (χ2v) is 4.19. The summed E-state index contributed by atoms with van der Waals surface area (Å²) in [5.74, 6) is -2.58. The van der Waals surface area contributed by atoms with Crippen LogP contribution in [0.15, 0.2) is 0 Å². The standard InChI is InChI=1S/C10H16F3NO3/c1-17-6-8(9(15)16)14-4-2-3-7(5-14)10(11,12)13/h7-8H,2-6H2,1H3,(H,15,16). The van der Waals surface area contributed by atoms with Gasteiger partial charge in [-0.25, -0.2) is 0 Å². The van der Waals surface area contributed by atoms with E-state index < -0.39 is 24.1 Å². The van der Waals surface area contributed by atoms with E-state index in [1.54, 1.807) is 0 Å². The van der Waals surface area contributed by atoms with Gasteiger partial charge in [0.15, 0.2) is 0 Å². The molecule has 1 N–H and O–H groups in total. The number of nitrogens with zero attached hydrogens (tertiary/aromatic N) is 1. The van der Waals surface area contributed by atoms with Crippen LogP contribution >= 0.6 is 0 Å². The first kappa shape index (κ1) is 14.2. The Morgan fingerprint density at radius 1 is 1.59 bits per heavy atom. The number of hydrogen-bond donors (Lipinski definition) is 1. The predicted octanol–water partition coefficient (Wildman–Crippen LogP) is 1.36. The van der Waals surface area contributed by atoms with Gasteiger partial charge in [0, 0.05) is 13.7 Å². The SMILES string of the molecule is COCC(C(=O)O)N1CCCC(C(F)(F)F)C1. The first-order valence-electron chi connectivity index (χ1n) is 5.38. The van der Waals surface area contributed by atoms with E-state index in [-0.39, 0.29) is 19.6 Å². The van der Waals surface area contributed by atoms with Crippen molar-refractivity contribution in [3.8, 4) is 0 Å². The Hall–Kier alpha value is -0.820. The summed E-state index contributed by atoms with van der Waals surface area (Å²) in [5.41, 5.74) is 0. The average molecular weight is 255 g/mol. The zero-order valence-corrected chi connectivity index (χ0v) is 9.54. The topological polar surface area (TPSA) is 49.8 Å². The number of likely N-dealkylation sites (tertiary alicyclic amines) is 1. The normalized spacial score (nSPS) is 24.6. The fraction of sp³-hybridized carbons (Fsp3) is 0.900. The van der Waals surface area contributed by atoms with Crippen molar-refractivity contribution in [2.45, 2.75) is 25.1 Å².